The monoisotopic (exact) mass is 536 g/mol. The molecule has 0 fully saturated rings. The van der Waals surface area contributed by atoms with E-state index in [0.29, 0.717) is 6.54 Å². The van der Waals surface area contributed by atoms with E-state index in [2.05, 4.69) is 20.0 Å². The molecule has 3 N–H and O–H groups in total. The van der Waals surface area contributed by atoms with Crippen molar-refractivity contribution < 1.29 is 27.0 Å². The number of aliphatic hydroxyl groups is 1. The van der Waals surface area contributed by atoms with Gasteiger partial charge >= 0.3 is 0 Å². The lowest BCUT2D eigenvalue weighted by Crippen LogP contribution is -2.26. The van der Waals surface area contributed by atoms with E-state index >= 15 is 0 Å². The van der Waals surface area contributed by atoms with Crippen molar-refractivity contribution in [2.45, 2.75) is 54.8 Å². The molecule has 2 heterocycles. The molecule has 36 heavy (non-hydrogen) atoms. The molecule has 0 aliphatic carbocycles. The standard InChI is InChI=1S/C24H26F2N4O4S2/c1-14(31)15(2)34-22-11-21(28-24(29-22)35-13-17-4-3-5-20(25)23(17)26)30-36(32,33)19-7-6-16-8-9-27-12-18(16)10-19/h3-7,10-11,14-15,27,31H,8-9,12-13H2,1-2H3,(H,28,29,30)/t14-,15-/m1/s1. The number of nitrogens with zero attached hydrogens (tertiary/aromatic N) is 2. The number of hydrogen-bond donors (Lipinski definition) is 3. The van der Waals surface area contributed by atoms with E-state index in [-0.39, 0.29) is 33.1 Å². The number of anilines is 1. The van der Waals surface area contributed by atoms with Gasteiger partial charge in [-0.15, -0.1) is 0 Å². The Bertz CT molecular complexity index is 1360. The smallest absolute Gasteiger partial charge is 0.263 e. The number of hydrogen-bond acceptors (Lipinski definition) is 8. The predicted molar refractivity (Wildman–Crippen MR) is 132 cm³/mol. The maximum Gasteiger partial charge on any atom is 0.263 e. The lowest BCUT2D eigenvalue weighted by molar-refractivity contribution is 0.0569. The number of halogens is 2. The summed E-state index contributed by atoms with van der Waals surface area (Å²) in [6.07, 6.45) is -0.637. The molecule has 12 heteroatoms. The van der Waals surface area contributed by atoms with Crippen LogP contribution in [0.1, 0.15) is 30.5 Å². The van der Waals surface area contributed by atoms with Crippen LogP contribution in [0.3, 0.4) is 0 Å². The summed E-state index contributed by atoms with van der Waals surface area (Å²) in [5, 5.41) is 13.1. The fraction of sp³-hybridized carbons (Fsp3) is 0.333. The molecule has 8 nitrogen and oxygen atoms in total. The number of nitrogens with one attached hydrogen (secondary N) is 2. The Kier molecular flexibility index (Phi) is 8.08. The zero-order valence-electron chi connectivity index (χ0n) is 19.7. The van der Waals surface area contributed by atoms with Gasteiger partial charge in [0.15, 0.2) is 16.8 Å². The van der Waals surface area contributed by atoms with E-state index in [1.54, 1.807) is 32.0 Å². The van der Waals surface area contributed by atoms with Gasteiger partial charge in [-0.25, -0.2) is 22.2 Å². The van der Waals surface area contributed by atoms with Gasteiger partial charge in [0, 0.05) is 23.9 Å². The molecule has 4 rings (SSSR count). The maximum absolute atomic E-state index is 14.1. The van der Waals surface area contributed by atoms with Gasteiger partial charge < -0.3 is 15.2 Å². The van der Waals surface area contributed by atoms with Crippen LogP contribution in [0.5, 0.6) is 5.88 Å². The molecule has 0 unspecified atom stereocenters. The zero-order valence-corrected chi connectivity index (χ0v) is 21.3. The Morgan fingerprint density at radius 2 is 1.97 bits per heavy atom. The van der Waals surface area contributed by atoms with Crippen molar-refractivity contribution in [3.05, 3.63) is 70.8 Å². The molecule has 2 aromatic carbocycles. The van der Waals surface area contributed by atoms with Crippen LogP contribution in [0.4, 0.5) is 14.6 Å². The Hall–Kier alpha value is -2.80. The van der Waals surface area contributed by atoms with E-state index in [0.717, 1.165) is 41.9 Å². The van der Waals surface area contributed by atoms with Crippen molar-refractivity contribution in [1.29, 1.82) is 0 Å². The fourth-order valence-electron chi connectivity index (χ4n) is 3.49. The number of fused-ring (bicyclic) bond motifs is 1. The highest BCUT2D eigenvalue weighted by Crippen LogP contribution is 2.28. The van der Waals surface area contributed by atoms with Gasteiger partial charge in [0.05, 0.1) is 11.0 Å². The molecule has 0 saturated carbocycles. The van der Waals surface area contributed by atoms with Gasteiger partial charge in [0.1, 0.15) is 11.9 Å². The summed E-state index contributed by atoms with van der Waals surface area (Å²) in [7, 11) is -4.00. The quantitative estimate of drug-likeness (QED) is 0.281. The van der Waals surface area contributed by atoms with Crippen molar-refractivity contribution in [3.8, 4) is 5.88 Å². The molecule has 3 aromatic rings. The van der Waals surface area contributed by atoms with Crippen LogP contribution in [0.15, 0.2) is 52.5 Å². The molecule has 1 aliphatic rings. The number of ether oxygens (including phenoxy) is 1. The minimum Gasteiger partial charge on any atom is -0.472 e. The van der Waals surface area contributed by atoms with E-state index < -0.39 is 33.9 Å². The topological polar surface area (TPSA) is 113 Å². The molecular weight excluding hydrogens is 510 g/mol. The van der Waals surface area contributed by atoms with Crippen LogP contribution in [0, 0.1) is 11.6 Å². The number of aromatic nitrogens is 2. The second-order valence-electron chi connectivity index (χ2n) is 8.40. The SMILES string of the molecule is C[C@@H](O)[C@@H](C)Oc1cc(NS(=O)(=O)c2ccc3c(c2)CNCC3)nc(SCc2cccc(F)c2F)n1. The van der Waals surface area contributed by atoms with Gasteiger partial charge in [0.2, 0.25) is 5.88 Å². The summed E-state index contributed by atoms with van der Waals surface area (Å²) in [5.74, 6) is -1.97. The van der Waals surface area contributed by atoms with E-state index in [4.69, 9.17) is 4.74 Å². The molecule has 2 atom stereocenters. The first kappa shape index (κ1) is 26.3. The molecular formula is C24H26F2N4O4S2. The number of rotatable bonds is 9. The number of aliphatic hydroxyl groups excluding tert-OH is 1. The van der Waals surface area contributed by atoms with Gasteiger partial charge in [0.25, 0.3) is 10.0 Å². The highest BCUT2D eigenvalue weighted by Gasteiger charge is 2.21. The van der Waals surface area contributed by atoms with Crippen molar-refractivity contribution >= 4 is 27.6 Å². The van der Waals surface area contributed by atoms with Crippen molar-refractivity contribution in [1.82, 2.24) is 15.3 Å². The lowest BCUT2D eigenvalue weighted by atomic mass is 10.0. The third-order valence-electron chi connectivity index (χ3n) is 5.67. The largest absolute Gasteiger partial charge is 0.472 e. The first-order chi connectivity index (χ1) is 17.1. The number of benzene rings is 2. The van der Waals surface area contributed by atoms with Crippen LogP contribution in [0.2, 0.25) is 0 Å². The van der Waals surface area contributed by atoms with Crippen LogP contribution in [0.25, 0.3) is 0 Å². The molecule has 0 amide bonds. The van der Waals surface area contributed by atoms with Crippen molar-refractivity contribution in [3.63, 3.8) is 0 Å². The first-order valence-electron chi connectivity index (χ1n) is 11.3. The average molecular weight is 537 g/mol. The van der Waals surface area contributed by atoms with Crippen molar-refractivity contribution in [2.75, 3.05) is 11.3 Å². The Labute approximate surface area is 212 Å². The summed E-state index contributed by atoms with van der Waals surface area (Å²) < 4.78 is 62.0. The molecule has 0 saturated heterocycles. The number of thioether (sulfide) groups is 1. The highest BCUT2D eigenvalue weighted by molar-refractivity contribution is 7.98. The Morgan fingerprint density at radius 1 is 1.17 bits per heavy atom. The van der Waals surface area contributed by atoms with Crippen molar-refractivity contribution in [2.24, 2.45) is 0 Å². The van der Waals surface area contributed by atoms with Crippen LogP contribution < -0.4 is 14.8 Å². The third-order valence-corrected chi connectivity index (χ3v) is 7.92. The summed E-state index contributed by atoms with van der Waals surface area (Å²) >= 11 is 0.986. The van der Waals surface area contributed by atoms with Gasteiger partial charge in [-0.3, -0.25) is 4.72 Å². The summed E-state index contributed by atoms with van der Waals surface area (Å²) in [6, 6.07) is 10.1. The fourth-order valence-corrected chi connectivity index (χ4v) is 5.36. The minimum absolute atomic E-state index is 0.00299. The van der Waals surface area contributed by atoms with Crippen LogP contribution in [-0.4, -0.2) is 42.2 Å². The molecule has 0 radical (unpaired) electrons. The molecule has 0 spiro atoms. The molecule has 1 aliphatic heterocycles. The van der Waals surface area contributed by atoms with E-state index in [9.17, 15) is 22.3 Å². The zero-order chi connectivity index (χ0) is 25.9. The van der Waals surface area contributed by atoms with E-state index in [1.807, 2.05) is 0 Å². The first-order valence-corrected chi connectivity index (χ1v) is 13.7. The molecule has 192 valence electrons. The maximum atomic E-state index is 14.1. The highest BCUT2D eigenvalue weighted by atomic mass is 32.2. The molecule has 1 aromatic heterocycles. The summed E-state index contributed by atoms with van der Waals surface area (Å²) in [4.78, 5) is 8.57. The summed E-state index contributed by atoms with van der Waals surface area (Å²) in [5.41, 5.74) is 2.12. The number of sulfonamides is 1. The second-order valence-corrected chi connectivity index (χ2v) is 11.0. The average Bonchev–Trinajstić information content (AvgIpc) is 2.84. The normalized spacial score (nSPS) is 15.1. The predicted octanol–water partition coefficient (Wildman–Crippen LogP) is 3.64. The van der Waals surface area contributed by atoms with Crippen LogP contribution >= 0.6 is 11.8 Å². The summed E-state index contributed by atoms with van der Waals surface area (Å²) in [6.45, 7) is 4.60. The van der Waals surface area contributed by atoms with Crippen LogP contribution in [-0.2, 0) is 28.7 Å². The Morgan fingerprint density at radius 3 is 2.75 bits per heavy atom. The van der Waals surface area contributed by atoms with Gasteiger partial charge in [-0.05, 0) is 56.1 Å². The third kappa shape index (κ3) is 6.30. The molecule has 0 bridgehead atoms. The van der Waals surface area contributed by atoms with E-state index in [1.165, 1.54) is 18.2 Å². The minimum atomic E-state index is -4.00. The van der Waals surface area contributed by atoms with Gasteiger partial charge in [-0.2, -0.15) is 4.98 Å². The van der Waals surface area contributed by atoms with Gasteiger partial charge in [-0.1, -0.05) is 30.0 Å². The second kappa shape index (κ2) is 11.1. The lowest BCUT2D eigenvalue weighted by Gasteiger charge is -2.19. The Balaban J connectivity index is 1.61.